The summed E-state index contributed by atoms with van der Waals surface area (Å²) in [6, 6.07) is 10.3. The molecule has 1 N–H and O–H groups in total. The Morgan fingerprint density at radius 3 is 1.94 bits per heavy atom. The van der Waals surface area contributed by atoms with Crippen molar-refractivity contribution in [3.05, 3.63) is 48.0 Å². The van der Waals surface area contributed by atoms with Crippen LogP contribution in [0.2, 0.25) is 0 Å². The zero-order chi connectivity index (χ0) is 21.8. The average Bonchev–Trinajstić information content (AvgIpc) is 2.70. The molecule has 2 aromatic rings. The minimum Gasteiger partial charge on any atom is -0.872 e. The first-order valence-corrected chi connectivity index (χ1v) is 12.4. The third-order valence-corrected chi connectivity index (χ3v) is 6.06. The molecule has 0 spiro atoms. The number of benzene rings is 2. The molecule has 2 rings (SSSR count). The van der Waals surface area contributed by atoms with Crippen LogP contribution < -0.4 is 61.2 Å². The Morgan fingerprint density at radius 2 is 1.39 bits per heavy atom. The van der Waals surface area contributed by atoms with Crippen molar-refractivity contribution in [3.8, 4) is 17.2 Å². The predicted molar refractivity (Wildman–Crippen MR) is 118 cm³/mol. The number of unbranched alkanes of at least 4 members (excludes halogenated alkanes) is 9. The smallest absolute Gasteiger partial charge is 0.872 e. The molecule has 2 aromatic carbocycles. The zero-order valence-corrected chi connectivity index (χ0v) is 22.7. The van der Waals surface area contributed by atoms with Crippen molar-refractivity contribution in [3.63, 3.8) is 0 Å². The Balaban J connectivity index is 0.00000480. The van der Waals surface area contributed by atoms with Gasteiger partial charge in [0.25, 0.3) is 10.1 Å². The second kappa shape index (κ2) is 15.4. The van der Waals surface area contributed by atoms with Crippen LogP contribution in [0.1, 0.15) is 76.7 Å². The summed E-state index contributed by atoms with van der Waals surface area (Å²) in [5, 5.41) is 11.8. The molecule has 0 amide bonds. The van der Waals surface area contributed by atoms with E-state index < -0.39 is 10.1 Å². The van der Waals surface area contributed by atoms with E-state index in [1.54, 1.807) is 12.1 Å². The fraction of sp³-hybridized carbons (Fsp3) is 0.500. The quantitative estimate of drug-likeness (QED) is 0.259. The molecule has 5 nitrogen and oxygen atoms in total. The van der Waals surface area contributed by atoms with Crippen LogP contribution in [0.25, 0.3) is 0 Å². The normalized spacial score (nSPS) is 11.2. The fourth-order valence-corrected chi connectivity index (χ4v) is 3.93. The van der Waals surface area contributed by atoms with Crippen LogP contribution in [0.3, 0.4) is 0 Å². The topological polar surface area (TPSA) is 86.7 Å². The monoisotopic (exact) mass is 472 g/mol. The van der Waals surface area contributed by atoms with Crippen LogP contribution in [-0.2, 0) is 16.5 Å². The van der Waals surface area contributed by atoms with Gasteiger partial charge in [0.1, 0.15) is 11.5 Å². The van der Waals surface area contributed by atoms with Crippen LogP contribution >= 0.6 is 0 Å². The van der Waals surface area contributed by atoms with Gasteiger partial charge in [-0.05, 0) is 48.7 Å². The largest absolute Gasteiger partial charge is 1.00 e. The van der Waals surface area contributed by atoms with Crippen LogP contribution in [0.5, 0.6) is 17.2 Å². The van der Waals surface area contributed by atoms with E-state index in [1.165, 1.54) is 81.7 Å². The number of aryl methyl sites for hydroxylation is 1. The number of rotatable bonds is 14. The molecule has 0 aliphatic heterocycles. The molecule has 166 valence electrons. The number of hydrogen-bond acceptors (Lipinski definition) is 4. The summed E-state index contributed by atoms with van der Waals surface area (Å²) in [5.41, 5.74) is 0.966. The van der Waals surface area contributed by atoms with Crippen LogP contribution in [0.4, 0.5) is 0 Å². The van der Waals surface area contributed by atoms with Gasteiger partial charge in [0, 0.05) is 0 Å². The van der Waals surface area contributed by atoms with Gasteiger partial charge >= 0.3 is 51.4 Å². The van der Waals surface area contributed by atoms with E-state index >= 15 is 0 Å². The molecule has 31 heavy (non-hydrogen) atoms. The first-order chi connectivity index (χ1) is 14.4. The van der Waals surface area contributed by atoms with Gasteiger partial charge in [-0.3, -0.25) is 4.55 Å². The number of hydrogen-bond donors (Lipinski definition) is 1. The molecule has 7 heteroatoms. The maximum atomic E-state index is 11.8. The standard InChI is InChI=1S/C24H34O5S.K/c1-2-3-4-5-6-7-8-9-10-11-12-20-13-14-21(25)19-24(20)29-22-15-17-23(18-16-22)30(26,27)28;/h13-19,25H,2-12H2,1H3,(H,26,27,28);/q;+1/p-1. The molecule has 0 aliphatic rings. The van der Waals surface area contributed by atoms with Crippen LogP contribution in [-0.4, -0.2) is 13.0 Å². The van der Waals surface area contributed by atoms with Gasteiger partial charge in [-0.2, -0.15) is 8.42 Å². The molecule has 0 atom stereocenters. The van der Waals surface area contributed by atoms with E-state index in [0.29, 0.717) is 11.5 Å². The van der Waals surface area contributed by atoms with Crippen LogP contribution in [0, 0.1) is 0 Å². The third kappa shape index (κ3) is 11.3. The van der Waals surface area contributed by atoms with Gasteiger partial charge in [0.05, 0.1) is 4.90 Å². The van der Waals surface area contributed by atoms with E-state index in [0.717, 1.165) is 24.8 Å². The summed E-state index contributed by atoms with van der Waals surface area (Å²) in [6.45, 7) is 2.24. The van der Waals surface area contributed by atoms with Crippen molar-refractivity contribution in [1.82, 2.24) is 0 Å². The Labute approximate surface area is 229 Å². The van der Waals surface area contributed by atoms with Gasteiger partial charge in [-0.15, -0.1) is 5.75 Å². The van der Waals surface area contributed by atoms with E-state index in [2.05, 4.69) is 6.92 Å². The molecule has 0 bridgehead atoms. The van der Waals surface area contributed by atoms with E-state index in [1.807, 2.05) is 0 Å². The second-order valence-electron chi connectivity index (χ2n) is 7.75. The van der Waals surface area contributed by atoms with Crippen LogP contribution in [0.15, 0.2) is 47.4 Å². The molecule has 0 heterocycles. The molecule has 0 saturated heterocycles. The Bertz CT molecular complexity index is 866. The Morgan fingerprint density at radius 1 is 0.839 bits per heavy atom. The second-order valence-corrected chi connectivity index (χ2v) is 9.17. The molecule has 0 saturated carbocycles. The molecule has 0 aliphatic carbocycles. The summed E-state index contributed by atoms with van der Waals surface area (Å²) in [4.78, 5) is -0.196. The number of ether oxygens (including phenoxy) is 1. The first kappa shape index (κ1) is 28.6. The zero-order valence-electron chi connectivity index (χ0n) is 18.8. The maximum absolute atomic E-state index is 11.8. The summed E-state index contributed by atoms with van der Waals surface area (Å²) in [6.07, 6.45) is 13.5. The van der Waals surface area contributed by atoms with Crippen molar-refractivity contribution in [2.45, 2.75) is 82.4 Å². The first-order valence-electron chi connectivity index (χ1n) is 11.0. The van der Waals surface area contributed by atoms with E-state index in [-0.39, 0.29) is 62.0 Å². The fourth-order valence-electron chi connectivity index (χ4n) is 3.45. The molecule has 0 aromatic heterocycles. The SMILES string of the molecule is CCCCCCCCCCCCc1ccc([O-])cc1Oc1ccc(S(=O)(=O)O)cc1.[K+]. The maximum Gasteiger partial charge on any atom is 1.00 e. The molecular formula is C24H33KO5S. The van der Waals surface area contributed by atoms with E-state index in [9.17, 15) is 13.5 Å². The van der Waals surface area contributed by atoms with Gasteiger partial charge in [-0.25, -0.2) is 0 Å². The van der Waals surface area contributed by atoms with Crippen molar-refractivity contribution in [1.29, 1.82) is 0 Å². The summed E-state index contributed by atoms with van der Waals surface area (Å²) in [5.74, 6) is 0.779. The minimum atomic E-state index is -4.24. The van der Waals surface area contributed by atoms with Crippen molar-refractivity contribution in [2.75, 3.05) is 0 Å². The summed E-state index contributed by atoms with van der Waals surface area (Å²) >= 11 is 0. The van der Waals surface area contributed by atoms with Crippen molar-refractivity contribution in [2.24, 2.45) is 0 Å². The Hall–Kier alpha value is -0.414. The van der Waals surface area contributed by atoms with Gasteiger partial charge in [0.2, 0.25) is 0 Å². The Kier molecular flexibility index (Phi) is 14.2. The van der Waals surface area contributed by atoms with Gasteiger partial charge < -0.3 is 9.84 Å². The van der Waals surface area contributed by atoms with Gasteiger partial charge in [0.15, 0.2) is 0 Å². The molecule has 0 fully saturated rings. The average molecular weight is 473 g/mol. The molecule has 0 unspecified atom stereocenters. The predicted octanol–water partition coefficient (Wildman–Crippen LogP) is 3.27. The van der Waals surface area contributed by atoms with Crippen molar-refractivity contribution < 1.29 is 74.2 Å². The van der Waals surface area contributed by atoms with E-state index in [4.69, 9.17) is 9.29 Å². The minimum absolute atomic E-state index is 0. The summed E-state index contributed by atoms with van der Waals surface area (Å²) < 4.78 is 37.2. The molecule has 0 radical (unpaired) electrons. The van der Waals surface area contributed by atoms with Crippen molar-refractivity contribution >= 4 is 10.1 Å². The molecular weight excluding hydrogens is 439 g/mol. The van der Waals surface area contributed by atoms with Gasteiger partial charge in [-0.1, -0.05) is 76.8 Å². The third-order valence-electron chi connectivity index (χ3n) is 5.19. The summed E-state index contributed by atoms with van der Waals surface area (Å²) in [7, 11) is -4.24.